The quantitative estimate of drug-likeness (QED) is 0.843. The Kier molecular flexibility index (Phi) is 5.03. The Morgan fingerprint density at radius 2 is 2.00 bits per heavy atom. The van der Waals surface area contributed by atoms with E-state index in [4.69, 9.17) is 10.5 Å². The lowest BCUT2D eigenvalue weighted by molar-refractivity contribution is 0.347. The van der Waals surface area contributed by atoms with Crippen molar-refractivity contribution in [3.05, 3.63) is 23.8 Å². The van der Waals surface area contributed by atoms with Gasteiger partial charge in [-0.05, 0) is 49.1 Å². The molecule has 0 radical (unpaired) electrons. The highest BCUT2D eigenvalue weighted by atomic mass is 16.5. The second-order valence-electron chi connectivity index (χ2n) is 5.71. The van der Waals surface area contributed by atoms with Crippen LogP contribution in [0.3, 0.4) is 0 Å². The maximum atomic E-state index is 5.66. The predicted molar refractivity (Wildman–Crippen MR) is 78.5 cm³/mol. The fourth-order valence-corrected chi connectivity index (χ4v) is 2.30. The monoisotopic (exact) mass is 250 g/mol. The molecule has 102 valence electrons. The molecule has 3 heteroatoms. The molecule has 0 unspecified atom stereocenters. The largest absolute Gasteiger partial charge is 0.496 e. The molecule has 1 aromatic carbocycles. The summed E-state index contributed by atoms with van der Waals surface area (Å²) < 4.78 is 5.28. The van der Waals surface area contributed by atoms with Gasteiger partial charge in [0.05, 0.1) is 7.11 Å². The summed E-state index contributed by atoms with van der Waals surface area (Å²) >= 11 is 0. The third-order valence-electron chi connectivity index (χ3n) is 3.31. The lowest BCUT2D eigenvalue weighted by atomic mass is 9.88. The van der Waals surface area contributed by atoms with E-state index in [9.17, 15) is 0 Å². The lowest BCUT2D eigenvalue weighted by Gasteiger charge is -2.31. The van der Waals surface area contributed by atoms with Crippen molar-refractivity contribution in [3.8, 4) is 5.75 Å². The van der Waals surface area contributed by atoms with E-state index in [1.54, 1.807) is 7.11 Å². The number of hydrogen-bond donors (Lipinski definition) is 1. The molecular weight excluding hydrogens is 224 g/mol. The van der Waals surface area contributed by atoms with Crippen LogP contribution in [0.1, 0.15) is 25.8 Å². The Morgan fingerprint density at radius 3 is 2.50 bits per heavy atom. The topological polar surface area (TPSA) is 38.5 Å². The molecule has 0 fully saturated rings. The van der Waals surface area contributed by atoms with Gasteiger partial charge in [-0.1, -0.05) is 13.8 Å². The van der Waals surface area contributed by atoms with Crippen LogP contribution in [0, 0.1) is 12.3 Å². The summed E-state index contributed by atoms with van der Waals surface area (Å²) in [6.07, 6.45) is 1.03. The molecule has 1 rings (SSSR count). The highest BCUT2D eigenvalue weighted by molar-refractivity contribution is 5.52. The van der Waals surface area contributed by atoms with E-state index in [-0.39, 0.29) is 5.41 Å². The normalized spacial score (nSPS) is 11.4. The van der Waals surface area contributed by atoms with Gasteiger partial charge in [0.15, 0.2) is 0 Å². The summed E-state index contributed by atoms with van der Waals surface area (Å²) in [5.74, 6) is 0.938. The minimum absolute atomic E-state index is 0.233. The maximum Gasteiger partial charge on any atom is 0.121 e. The zero-order valence-electron chi connectivity index (χ0n) is 12.3. The first kappa shape index (κ1) is 14.8. The summed E-state index contributed by atoms with van der Waals surface area (Å²) in [4.78, 5) is 2.28. The van der Waals surface area contributed by atoms with Crippen LogP contribution in [0.25, 0.3) is 0 Å². The van der Waals surface area contributed by atoms with Gasteiger partial charge in [-0.2, -0.15) is 0 Å². The molecule has 0 saturated carbocycles. The van der Waals surface area contributed by atoms with Crippen LogP contribution in [-0.2, 0) is 0 Å². The molecule has 0 spiro atoms. The molecule has 0 atom stereocenters. The second-order valence-corrected chi connectivity index (χ2v) is 5.71. The van der Waals surface area contributed by atoms with E-state index in [2.05, 4.69) is 44.9 Å². The van der Waals surface area contributed by atoms with Crippen LogP contribution >= 0.6 is 0 Å². The average Bonchev–Trinajstić information content (AvgIpc) is 2.28. The van der Waals surface area contributed by atoms with Gasteiger partial charge in [0.2, 0.25) is 0 Å². The third-order valence-corrected chi connectivity index (χ3v) is 3.31. The first-order valence-corrected chi connectivity index (χ1v) is 6.45. The number of rotatable bonds is 6. The zero-order chi connectivity index (χ0) is 13.8. The predicted octanol–water partition coefficient (Wildman–Crippen LogP) is 2.81. The molecule has 0 amide bonds. The van der Waals surface area contributed by atoms with Crippen molar-refractivity contribution in [1.29, 1.82) is 0 Å². The Balaban J connectivity index is 2.78. The molecule has 2 N–H and O–H groups in total. The minimum atomic E-state index is 0.233. The molecule has 3 nitrogen and oxygen atoms in total. The fourth-order valence-electron chi connectivity index (χ4n) is 2.30. The van der Waals surface area contributed by atoms with E-state index < -0.39 is 0 Å². The molecule has 18 heavy (non-hydrogen) atoms. The van der Waals surface area contributed by atoms with Crippen LogP contribution in [0.2, 0.25) is 0 Å². The van der Waals surface area contributed by atoms with Crippen molar-refractivity contribution in [1.82, 2.24) is 0 Å². The maximum absolute atomic E-state index is 5.66. The molecule has 0 aromatic heterocycles. The lowest BCUT2D eigenvalue weighted by Crippen LogP contribution is -2.33. The number of hydrogen-bond acceptors (Lipinski definition) is 3. The van der Waals surface area contributed by atoms with Crippen LogP contribution in [0.4, 0.5) is 5.69 Å². The Morgan fingerprint density at radius 1 is 1.33 bits per heavy atom. The molecule has 0 aliphatic carbocycles. The first-order chi connectivity index (χ1) is 8.39. The summed E-state index contributed by atoms with van der Waals surface area (Å²) in [6.45, 7) is 8.32. The second kappa shape index (κ2) is 6.10. The van der Waals surface area contributed by atoms with Gasteiger partial charge >= 0.3 is 0 Å². The molecule has 0 aliphatic heterocycles. The highest BCUT2D eigenvalue weighted by Crippen LogP contribution is 2.27. The van der Waals surface area contributed by atoms with Crippen molar-refractivity contribution in [2.24, 2.45) is 11.1 Å². The third kappa shape index (κ3) is 3.91. The number of aryl methyl sites for hydroxylation is 1. The fraction of sp³-hybridized carbons (Fsp3) is 0.600. The van der Waals surface area contributed by atoms with E-state index >= 15 is 0 Å². The summed E-state index contributed by atoms with van der Waals surface area (Å²) in [5.41, 5.74) is 8.28. The van der Waals surface area contributed by atoms with Gasteiger partial charge < -0.3 is 15.4 Å². The molecule has 0 heterocycles. The number of methoxy groups -OCH3 is 1. The average molecular weight is 250 g/mol. The van der Waals surface area contributed by atoms with Crippen LogP contribution in [-0.4, -0.2) is 27.2 Å². The number of nitrogens with zero attached hydrogens (tertiary/aromatic N) is 1. The van der Waals surface area contributed by atoms with Crippen molar-refractivity contribution in [3.63, 3.8) is 0 Å². The van der Waals surface area contributed by atoms with Crippen molar-refractivity contribution in [2.75, 3.05) is 32.1 Å². The number of anilines is 1. The van der Waals surface area contributed by atoms with Crippen molar-refractivity contribution >= 4 is 5.69 Å². The van der Waals surface area contributed by atoms with Gasteiger partial charge in [-0.3, -0.25) is 0 Å². The Hall–Kier alpha value is -1.22. The first-order valence-electron chi connectivity index (χ1n) is 6.45. The number of ether oxygens (including phenoxy) is 1. The SMILES string of the molecule is COc1ccc(N(C)CC(C)(C)CCN)cc1C. The van der Waals surface area contributed by atoms with Crippen molar-refractivity contribution in [2.45, 2.75) is 27.2 Å². The molecular formula is C15H26N2O. The Bertz CT molecular complexity index is 388. The Labute approximate surface area is 111 Å². The van der Waals surface area contributed by atoms with E-state index in [1.807, 2.05) is 6.07 Å². The van der Waals surface area contributed by atoms with Crippen LogP contribution in [0.15, 0.2) is 18.2 Å². The van der Waals surface area contributed by atoms with Gasteiger partial charge in [0.25, 0.3) is 0 Å². The van der Waals surface area contributed by atoms with E-state index in [1.165, 1.54) is 11.3 Å². The van der Waals surface area contributed by atoms with E-state index in [0.29, 0.717) is 0 Å². The van der Waals surface area contributed by atoms with Gasteiger partial charge in [-0.25, -0.2) is 0 Å². The molecule has 0 aliphatic rings. The summed E-state index contributed by atoms with van der Waals surface area (Å²) in [6, 6.07) is 6.29. The minimum Gasteiger partial charge on any atom is -0.496 e. The van der Waals surface area contributed by atoms with Crippen molar-refractivity contribution < 1.29 is 4.74 Å². The van der Waals surface area contributed by atoms with Gasteiger partial charge in [0, 0.05) is 19.3 Å². The highest BCUT2D eigenvalue weighted by Gasteiger charge is 2.19. The van der Waals surface area contributed by atoms with Gasteiger partial charge in [-0.15, -0.1) is 0 Å². The smallest absolute Gasteiger partial charge is 0.121 e. The molecule has 1 aromatic rings. The van der Waals surface area contributed by atoms with E-state index in [0.717, 1.165) is 25.3 Å². The van der Waals surface area contributed by atoms with Crippen LogP contribution < -0.4 is 15.4 Å². The number of benzene rings is 1. The van der Waals surface area contributed by atoms with Gasteiger partial charge in [0.1, 0.15) is 5.75 Å². The summed E-state index contributed by atoms with van der Waals surface area (Å²) in [5, 5.41) is 0. The van der Waals surface area contributed by atoms with Crippen LogP contribution in [0.5, 0.6) is 5.75 Å². The molecule has 0 saturated heterocycles. The zero-order valence-corrected chi connectivity index (χ0v) is 12.3. The molecule has 0 bridgehead atoms. The number of nitrogens with two attached hydrogens (primary N) is 1. The summed E-state index contributed by atoms with van der Waals surface area (Å²) in [7, 11) is 3.83. The standard InChI is InChI=1S/C15H26N2O/c1-12-10-13(6-7-14(12)18-5)17(4)11-15(2,3)8-9-16/h6-7,10H,8-9,11,16H2,1-5H3.